The van der Waals surface area contributed by atoms with Crippen LogP contribution in [0.25, 0.3) is 0 Å². The van der Waals surface area contributed by atoms with Crippen LogP contribution in [0.3, 0.4) is 0 Å². The number of carbonyl (C=O) groups is 1. The van der Waals surface area contributed by atoms with Gasteiger partial charge in [-0.1, -0.05) is 0 Å². The van der Waals surface area contributed by atoms with Crippen molar-refractivity contribution in [1.82, 2.24) is 0 Å². The average Bonchev–Trinajstić information content (AvgIpc) is 2.89. The van der Waals surface area contributed by atoms with Crippen molar-refractivity contribution >= 4 is 23.4 Å². The maximum absolute atomic E-state index is 11.0. The maximum Gasteiger partial charge on any atom is 0.335 e. The van der Waals surface area contributed by atoms with Crippen LogP contribution in [0.15, 0.2) is 18.2 Å². The molecule has 114 valence electrons. The molecule has 5 nitrogen and oxygen atoms in total. The van der Waals surface area contributed by atoms with Crippen molar-refractivity contribution in [3.05, 3.63) is 23.8 Å². The van der Waals surface area contributed by atoms with Gasteiger partial charge in [-0.25, -0.2) is 4.79 Å². The molecule has 3 rings (SSSR count). The van der Waals surface area contributed by atoms with E-state index in [9.17, 15) is 4.79 Å². The van der Waals surface area contributed by atoms with Gasteiger partial charge in [0.25, 0.3) is 0 Å². The third kappa shape index (κ3) is 3.11. The minimum absolute atomic E-state index is 0.0313. The number of benzene rings is 1. The summed E-state index contributed by atoms with van der Waals surface area (Å²) in [4.78, 5) is 11.0. The predicted molar refractivity (Wildman–Crippen MR) is 82.1 cm³/mol. The Labute approximate surface area is 127 Å². The van der Waals surface area contributed by atoms with Gasteiger partial charge in [0.2, 0.25) is 0 Å². The summed E-state index contributed by atoms with van der Waals surface area (Å²) in [6, 6.07) is 4.58. The average molecular weight is 309 g/mol. The van der Waals surface area contributed by atoms with Gasteiger partial charge in [-0.2, -0.15) is 11.8 Å². The number of ether oxygens (including phenoxy) is 2. The number of nitrogen functional groups attached to an aromatic ring is 1. The fourth-order valence-corrected chi connectivity index (χ4v) is 4.27. The van der Waals surface area contributed by atoms with Gasteiger partial charge in [0.15, 0.2) is 0 Å². The zero-order chi connectivity index (χ0) is 14.9. The van der Waals surface area contributed by atoms with E-state index in [2.05, 4.69) is 0 Å². The van der Waals surface area contributed by atoms with Crippen LogP contribution < -0.4 is 10.5 Å². The predicted octanol–water partition coefficient (Wildman–Crippen LogP) is 2.40. The minimum atomic E-state index is -0.976. The smallest absolute Gasteiger partial charge is 0.335 e. The van der Waals surface area contributed by atoms with Crippen LogP contribution >= 0.6 is 11.8 Å². The highest BCUT2D eigenvalue weighted by atomic mass is 32.2. The van der Waals surface area contributed by atoms with Crippen LogP contribution in [0.4, 0.5) is 5.69 Å². The monoisotopic (exact) mass is 309 g/mol. The Hall–Kier alpha value is -1.40. The Balaban J connectivity index is 1.74. The molecule has 3 N–H and O–H groups in total. The summed E-state index contributed by atoms with van der Waals surface area (Å²) in [5.41, 5.74) is 6.50. The van der Waals surface area contributed by atoms with Crippen LogP contribution in [-0.4, -0.2) is 40.9 Å². The lowest BCUT2D eigenvalue weighted by Crippen LogP contribution is -2.43. The van der Waals surface area contributed by atoms with Gasteiger partial charge >= 0.3 is 5.97 Å². The Morgan fingerprint density at radius 2 is 2.38 bits per heavy atom. The van der Waals surface area contributed by atoms with Crippen LogP contribution in [0.5, 0.6) is 5.75 Å². The molecule has 0 aliphatic carbocycles. The molecule has 2 aliphatic heterocycles. The molecule has 1 spiro atoms. The van der Waals surface area contributed by atoms with E-state index in [1.165, 1.54) is 12.1 Å². The maximum atomic E-state index is 11.0. The number of carboxylic acid groups (broad SMARTS) is 1. The number of anilines is 1. The minimum Gasteiger partial charge on any atom is -0.488 e. The molecule has 21 heavy (non-hydrogen) atoms. The van der Waals surface area contributed by atoms with Gasteiger partial charge in [-0.05, 0) is 30.4 Å². The first-order valence-corrected chi connectivity index (χ1v) is 8.25. The van der Waals surface area contributed by atoms with Gasteiger partial charge in [0.1, 0.15) is 11.9 Å². The van der Waals surface area contributed by atoms with Crippen molar-refractivity contribution in [2.75, 3.05) is 23.8 Å². The van der Waals surface area contributed by atoms with Crippen LogP contribution in [0.2, 0.25) is 0 Å². The van der Waals surface area contributed by atoms with E-state index in [0.29, 0.717) is 18.0 Å². The zero-order valence-electron chi connectivity index (χ0n) is 11.7. The summed E-state index contributed by atoms with van der Waals surface area (Å²) in [5, 5.41) is 9.05. The fraction of sp³-hybridized carbons (Fsp3) is 0.533. The molecule has 2 unspecified atom stereocenters. The molecule has 6 heteroatoms. The first-order valence-electron chi connectivity index (χ1n) is 7.09. The number of hydrogen-bond acceptors (Lipinski definition) is 5. The van der Waals surface area contributed by atoms with Gasteiger partial charge in [0, 0.05) is 18.6 Å². The van der Waals surface area contributed by atoms with Crippen molar-refractivity contribution in [3.63, 3.8) is 0 Å². The molecule has 2 heterocycles. The molecule has 2 fully saturated rings. The van der Waals surface area contributed by atoms with E-state index in [0.717, 1.165) is 30.8 Å². The zero-order valence-corrected chi connectivity index (χ0v) is 12.5. The van der Waals surface area contributed by atoms with Crippen LogP contribution in [0, 0.1) is 0 Å². The molecule has 2 saturated heterocycles. The van der Waals surface area contributed by atoms with Gasteiger partial charge in [0.05, 0.1) is 23.5 Å². The van der Waals surface area contributed by atoms with Crippen molar-refractivity contribution in [2.24, 2.45) is 0 Å². The summed E-state index contributed by atoms with van der Waals surface area (Å²) in [7, 11) is 0. The first-order chi connectivity index (χ1) is 10.1. The fourth-order valence-electron chi connectivity index (χ4n) is 2.90. The molecular formula is C15H19NO4S. The Morgan fingerprint density at radius 3 is 3.10 bits per heavy atom. The Kier molecular flexibility index (Phi) is 3.99. The molecule has 1 aromatic rings. The molecule has 0 radical (unpaired) electrons. The molecule has 1 aromatic carbocycles. The Morgan fingerprint density at radius 1 is 1.52 bits per heavy atom. The quantitative estimate of drug-likeness (QED) is 0.834. The number of carboxylic acids is 1. The summed E-state index contributed by atoms with van der Waals surface area (Å²) >= 11 is 1.91. The molecule has 0 bridgehead atoms. The third-order valence-corrected chi connectivity index (χ3v) is 5.29. The number of nitrogens with two attached hydrogens (primary N) is 1. The number of aromatic carboxylic acids is 1. The lowest BCUT2D eigenvalue weighted by Gasteiger charge is -2.37. The SMILES string of the molecule is Nc1ccc(C(=O)O)cc1OC1CCOC2(CCSC2)C1. The lowest BCUT2D eigenvalue weighted by molar-refractivity contribution is -0.0957. The second-order valence-corrected chi connectivity index (χ2v) is 6.73. The van der Waals surface area contributed by atoms with Crippen LogP contribution in [-0.2, 0) is 4.74 Å². The molecule has 0 aromatic heterocycles. The first kappa shape index (κ1) is 14.5. The summed E-state index contributed by atoms with van der Waals surface area (Å²) in [6.07, 6.45) is 2.74. The second kappa shape index (κ2) is 5.77. The van der Waals surface area contributed by atoms with Gasteiger partial charge in [-0.3, -0.25) is 0 Å². The lowest BCUT2D eigenvalue weighted by atomic mass is 9.91. The van der Waals surface area contributed by atoms with Crippen molar-refractivity contribution in [3.8, 4) is 5.75 Å². The standard InChI is InChI=1S/C15H19NO4S/c16-12-2-1-10(14(17)18)7-13(12)20-11-3-5-19-15(8-11)4-6-21-9-15/h1-2,7,11H,3-6,8-9,16H2,(H,17,18). The number of hydrogen-bond donors (Lipinski definition) is 2. The molecule has 2 atom stereocenters. The molecule has 0 amide bonds. The van der Waals surface area contributed by atoms with E-state index in [-0.39, 0.29) is 17.3 Å². The van der Waals surface area contributed by atoms with Crippen molar-refractivity contribution in [1.29, 1.82) is 0 Å². The third-order valence-electron chi connectivity index (χ3n) is 4.07. The molecule has 0 saturated carbocycles. The summed E-state index contributed by atoms with van der Waals surface area (Å²) in [5.74, 6) is 1.62. The number of thioether (sulfide) groups is 1. The highest BCUT2D eigenvalue weighted by molar-refractivity contribution is 7.99. The molecule has 2 aliphatic rings. The van der Waals surface area contributed by atoms with Gasteiger partial charge in [-0.15, -0.1) is 0 Å². The number of rotatable bonds is 3. The van der Waals surface area contributed by atoms with E-state index in [1.807, 2.05) is 11.8 Å². The summed E-state index contributed by atoms with van der Waals surface area (Å²) in [6.45, 7) is 0.684. The Bertz CT molecular complexity index is 542. The van der Waals surface area contributed by atoms with Crippen molar-refractivity contribution < 1.29 is 19.4 Å². The normalized spacial score (nSPS) is 28.7. The van der Waals surface area contributed by atoms with Gasteiger partial charge < -0.3 is 20.3 Å². The van der Waals surface area contributed by atoms with E-state index >= 15 is 0 Å². The van der Waals surface area contributed by atoms with E-state index in [4.69, 9.17) is 20.3 Å². The highest BCUT2D eigenvalue weighted by Gasteiger charge is 2.41. The van der Waals surface area contributed by atoms with E-state index < -0.39 is 5.97 Å². The van der Waals surface area contributed by atoms with Crippen molar-refractivity contribution in [2.45, 2.75) is 31.0 Å². The van der Waals surface area contributed by atoms with Crippen LogP contribution in [0.1, 0.15) is 29.6 Å². The highest BCUT2D eigenvalue weighted by Crippen LogP contribution is 2.39. The summed E-state index contributed by atoms with van der Waals surface area (Å²) < 4.78 is 11.9. The second-order valence-electron chi connectivity index (χ2n) is 5.62. The molecular weight excluding hydrogens is 290 g/mol. The van der Waals surface area contributed by atoms with E-state index in [1.54, 1.807) is 6.07 Å². The topological polar surface area (TPSA) is 81.8 Å². The largest absolute Gasteiger partial charge is 0.488 e.